The third-order valence-electron chi connectivity index (χ3n) is 5.06. The van der Waals surface area contributed by atoms with E-state index in [1.54, 1.807) is 17.3 Å². The summed E-state index contributed by atoms with van der Waals surface area (Å²) in [4.78, 5) is 38.3. The predicted molar refractivity (Wildman–Crippen MR) is 107 cm³/mol. The number of nitrogens with one attached hydrogen (secondary N) is 1. The van der Waals surface area contributed by atoms with Crippen LogP contribution in [0.3, 0.4) is 0 Å². The lowest BCUT2D eigenvalue weighted by molar-refractivity contribution is -0.138. The number of carbonyl (C=O) groups excluding carboxylic acids is 1. The lowest BCUT2D eigenvalue weighted by Gasteiger charge is -2.43. The van der Waals surface area contributed by atoms with Gasteiger partial charge >= 0.3 is 12.3 Å². The van der Waals surface area contributed by atoms with E-state index in [0.29, 0.717) is 19.0 Å². The third kappa shape index (κ3) is 5.33. The first kappa shape index (κ1) is 22.6. The van der Waals surface area contributed by atoms with Crippen molar-refractivity contribution in [2.24, 2.45) is 0 Å². The maximum absolute atomic E-state index is 12.9. The van der Waals surface area contributed by atoms with E-state index in [-0.39, 0.29) is 30.7 Å². The number of nitrogens with zero attached hydrogens (tertiary/aromatic N) is 4. The normalized spacial score (nSPS) is 19.4. The maximum Gasteiger partial charge on any atom is 0.421 e. The van der Waals surface area contributed by atoms with Crippen LogP contribution in [-0.2, 0) is 17.3 Å². The van der Waals surface area contributed by atoms with Crippen LogP contribution in [0.1, 0.15) is 30.5 Å². The van der Waals surface area contributed by atoms with Crippen LogP contribution in [0.4, 0.5) is 23.9 Å². The molecule has 1 aliphatic heterocycles. The summed E-state index contributed by atoms with van der Waals surface area (Å²) < 4.78 is 43.9. The second-order valence-corrected chi connectivity index (χ2v) is 7.68. The number of amides is 1. The highest BCUT2D eigenvalue weighted by molar-refractivity contribution is 5.69. The highest BCUT2D eigenvalue weighted by Crippen LogP contribution is 2.26. The monoisotopic (exact) mass is 439 g/mol. The Hall–Kier alpha value is -3.11. The Bertz CT molecular complexity index is 965. The first-order valence-corrected chi connectivity index (χ1v) is 9.83. The van der Waals surface area contributed by atoms with E-state index in [1.165, 1.54) is 6.20 Å². The molecule has 1 aliphatic rings. The van der Waals surface area contributed by atoms with Crippen molar-refractivity contribution in [1.82, 2.24) is 19.9 Å². The van der Waals surface area contributed by atoms with Crippen molar-refractivity contribution in [3.05, 3.63) is 51.7 Å². The Morgan fingerprint density at radius 3 is 2.42 bits per heavy atom. The minimum absolute atomic E-state index is 0.0472. The third-order valence-corrected chi connectivity index (χ3v) is 5.06. The van der Waals surface area contributed by atoms with Crippen LogP contribution in [-0.4, -0.2) is 57.7 Å². The van der Waals surface area contributed by atoms with Crippen LogP contribution >= 0.6 is 0 Å². The van der Waals surface area contributed by atoms with Crippen molar-refractivity contribution in [2.75, 3.05) is 24.6 Å². The maximum atomic E-state index is 12.9. The Labute approximate surface area is 177 Å². The number of carbonyl (C=O) groups is 1. The van der Waals surface area contributed by atoms with E-state index in [4.69, 9.17) is 4.74 Å². The van der Waals surface area contributed by atoms with Crippen molar-refractivity contribution < 1.29 is 22.7 Å². The Kier molecular flexibility index (Phi) is 6.51. The molecule has 3 rings (SSSR count). The molecule has 2 atom stereocenters. The smallest absolute Gasteiger partial charge is 0.421 e. The molecule has 0 bridgehead atoms. The van der Waals surface area contributed by atoms with Crippen molar-refractivity contribution in [1.29, 1.82) is 0 Å². The van der Waals surface area contributed by atoms with Gasteiger partial charge in [0.05, 0.1) is 18.7 Å². The van der Waals surface area contributed by atoms with Gasteiger partial charge in [0.25, 0.3) is 5.56 Å². The molecule has 3 heterocycles. The Morgan fingerprint density at radius 2 is 1.84 bits per heavy atom. The lowest BCUT2D eigenvalue weighted by Crippen LogP contribution is -2.59. The van der Waals surface area contributed by atoms with E-state index in [9.17, 15) is 22.8 Å². The highest BCUT2D eigenvalue weighted by Gasteiger charge is 2.35. The molecule has 0 aromatic carbocycles. The van der Waals surface area contributed by atoms with Crippen LogP contribution < -0.4 is 10.5 Å². The van der Waals surface area contributed by atoms with Crippen LogP contribution in [0.5, 0.6) is 0 Å². The molecule has 0 spiro atoms. The predicted octanol–water partition coefficient (Wildman–Crippen LogP) is 2.77. The molecular formula is C20H24F3N5O3. The summed E-state index contributed by atoms with van der Waals surface area (Å²) in [5.41, 5.74) is -1.29. The number of pyridine rings is 1. The van der Waals surface area contributed by atoms with E-state index in [1.807, 2.05) is 25.7 Å². The summed E-state index contributed by atoms with van der Waals surface area (Å²) in [5.74, 6) is 0.593. The molecule has 8 nitrogen and oxygen atoms in total. The van der Waals surface area contributed by atoms with Crippen LogP contribution in [0.2, 0.25) is 0 Å². The number of hydrogen-bond acceptors (Lipinski definition) is 6. The van der Waals surface area contributed by atoms with Crippen LogP contribution in [0, 0.1) is 6.92 Å². The Morgan fingerprint density at radius 1 is 1.23 bits per heavy atom. The van der Waals surface area contributed by atoms with Gasteiger partial charge in [-0.05, 0) is 38.0 Å². The lowest BCUT2D eigenvalue weighted by atomic mass is 10.1. The zero-order valence-corrected chi connectivity index (χ0v) is 17.4. The van der Waals surface area contributed by atoms with Gasteiger partial charge in [0.1, 0.15) is 5.56 Å². The molecule has 11 heteroatoms. The topological polar surface area (TPSA) is 91.4 Å². The fourth-order valence-electron chi connectivity index (χ4n) is 3.61. The number of alkyl halides is 3. The molecule has 0 saturated carbocycles. The molecule has 1 N–H and O–H groups in total. The summed E-state index contributed by atoms with van der Waals surface area (Å²) >= 11 is 0. The van der Waals surface area contributed by atoms with Crippen molar-refractivity contribution in [2.45, 2.75) is 45.5 Å². The minimum atomic E-state index is -4.74. The molecule has 0 radical (unpaired) electrons. The molecule has 2 aromatic rings. The number of hydrogen-bond donors (Lipinski definition) is 1. The summed E-state index contributed by atoms with van der Waals surface area (Å²) in [5, 5.41) is 0. The van der Waals surface area contributed by atoms with Gasteiger partial charge in [-0.15, -0.1) is 0 Å². The van der Waals surface area contributed by atoms with Crippen molar-refractivity contribution in [3.8, 4) is 0 Å². The fourth-order valence-corrected chi connectivity index (χ4v) is 3.61. The zero-order chi connectivity index (χ0) is 22.8. The van der Waals surface area contributed by atoms with Crippen molar-refractivity contribution in [3.63, 3.8) is 0 Å². The second-order valence-electron chi connectivity index (χ2n) is 7.68. The summed E-state index contributed by atoms with van der Waals surface area (Å²) in [6.07, 6.45) is -0.572. The van der Waals surface area contributed by atoms with E-state index < -0.39 is 23.4 Å². The van der Waals surface area contributed by atoms with Crippen LogP contribution in [0.15, 0.2) is 29.5 Å². The van der Waals surface area contributed by atoms with Crippen LogP contribution in [0.25, 0.3) is 0 Å². The molecule has 1 amide bonds. The van der Waals surface area contributed by atoms with Gasteiger partial charge in [-0.1, -0.05) is 0 Å². The summed E-state index contributed by atoms with van der Waals surface area (Å²) in [7, 11) is 0. The van der Waals surface area contributed by atoms with E-state index in [0.717, 1.165) is 11.6 Å². The van der Waals surface area contributed by atoms with Gasteiger partial charge in [0, 0.05) is 38.1 Å². The van der Waals surface area contributed by atoms with Gasteiger partial charge in [-0.3, -0.25) is 9.69 Å². The average Bonchev–Trinajstić information content (AvgIpc) is 2.68. The molecule has 168 valence electrons. The number of H-pyrrole nitrogens is 1. The number of aromatic amines is 1. The molecule has 2 aromatic heterocycles. The van der Waals surface area contributed by atoms with E-state index in [2.05, 4.69) is 15.0 Å². The number of rotatable bonds is 4. The second kappa shape index (κ2) is 8.94. The minimum Gasteiger partial charge on any atom is -0.449 e. The number of aromatic nitrogens is 3. The fraction of sp³-hybridized carbons (Fsp3) is 0.500. The standard InChI is InChI=1S/C20H24F3N5O3/c1-12-7-25-18(26-8-12)27-10-13(2)28(14(3)11-27)19(30)31-5-4-15-6-16(20(21,22)23)17(29)24-9-15/h6-9,13-14H,4-5,10-11H2,1-3H3,(H,24,29)/t13-,14-/m0/s1. The van der Waals surface area contributed by atoms with Gasteiger partial charge in [0.2, 0.25) is 5.95 Å². The number of aryl methyl sites for hydroxylation is 1. The average molecular weight is 439 g/mol. The summed E-state index contributed by atoms with van der Waals surface area (Å²) in [6, 6.07) is 0.426. The number of ether oxygens (including phenoxy) is 1. The first-order valence-electron chi connectivity index (χ1n) is 9.83. The summed E-state index contributed by atoms with van der Waals surface area (Å²) in [6.45, 7) is 6.61. The molecule has 0 aliphatic carbocycles. The van der Waals surface area contributed by atoms with E-state index >= 15 is 0 Å². The van der Waals surface area contributed by atoms with Gasteiger partial charge in [-0.2, -0.15) is 13.2 Å². The number of halogens is 3. The highest BCUT2D eigenvalue weighted by atomic mass is 19.4. The van der Waals surface area contributed by atoms with Gasteiger partial charge < -0.3 is 14.6 Å². The quantitative estimate of drug-likeness (QED) is 0.788. The zero-order valence-electron chi connectivity index (χ0n) is 17.4. The number of anilines is 1. The van der Waals surface area contributed by atoms with Crippen molar-refractivity contribution >= 4 is 12.0 Å². The van der Waals surface area contributed by atoms with Gasteiger partial charge in [-0.25, -0.2) is 14.8 Å². The molecule has 1 fully saturated rings. The first-order chi connectivity index (χ1) is 14.6. The molecular weight excluding hydrogens is 415 g/mol. The molecule has 31 heavy (non-hydrogen) atoms. The SMILES string of the molecule is Cc1cnc(N2C[C@H](C)N(C(=O)OCCc3c[nH]c(=O)c(C(F)(F)F)c3)[C@@H](C)C2)nc1. The number of piperazine rings is 1. The molecule has 0 unspecified atom stereocenters. The van der Waals surface area contributed by atoms with Gasteiger partial charge in [0.15, 0.2) is 0 Å². The molecule has 1 saturated heterocycles. The largest absolute Gasteiger partial charge is 0.449 e. The Balaban J connectivity index is 1.57.